The van der Waals surface area contributed by atoms with Crippen molar-refractivity contribution in [3.05, 3.63) is 53.8 Å². The van der Waals surface area contributed by atoms with Gasteiger partial charge in [0.25, 0.3) is 0 Å². The predicted molar refractivity (Wildman–Crippen MR) is 88.6 cm³/mol. The maximum absolute atomic E-state index is 13.6. The Bertz CT molecular complexity index is 629. The molecule has 0 fully saturated rings. The fraction of sp³-hybridized carbons (Fsp3) is 0.188. The summed E-state index contributed by atoms with van der Waals surface area (Å²) in [4.78, 5) is 0. The molecule has 0 bridgehead atoms. The third-order valence-electron chi connectivity index (χ3n) is 2.79. The first-order valence-corrected chi connectivity index (χ1v) is 7.06. The zero-order chi connectivity index (χ0) is 15.2. The number of aryl methyl sites for hydroxylation is 1. The Morgan fingerprint density at radius 1 is 1.14 bits per heavy atom. The number of nitrogens with one attached hydrogen (secondary N) is 2. The summed E-state index contributed by atoms with van der Waals surface area (Å²) in [5.41, 5.74) is 2.13. The molecule has 0 saturated carbocycles. The fourth-order valence-electron chi connectivity index (χ4n) is 1.82. The summed E-state index contributed by atoms with van der Waals surface area (Å²) in [6.07, 6.45) is 0. The molecule has 0 heterocycles. The van der Waals surface area contributed by atoms with Crippen molar-refractivity contribution < 1.29 is 9.13 Å². The zero-order valence-corrected chi connectivity index (χ0v) is 12.8. The van der Waals surface area contributed by atoms with Crippen LogP contribution in [0.1, 0.15) is 12.5 Å². The molecular weight excluding hydrogens is 287 g/mol. The van der Waals surface area contributed by atoms with Crippen LogP contribution in [0.3, 0.4) is 0 Å². The van der Waals surface area contributed by atoms with Crippen LogP contribution in [0.15, 0.2) is 42.5 Å². The molecular formula is C16H17FN2OS. The van der Waals surface area contributed by atoms with Gasteiger partial charge in [-0.2, -0.15) is 0 Å². The van der Waals surface area contributed by atoms with Gasteiger partial charge in [0.05, 0.1) is 12.3 Å². The number of anilines is 2. The SMILES string of the molecule is CCOc1ccc(NC(=S)Nc2cc(C)ccc2F)cc1. The molecule has 0 amide bonds. The summed E-state index contributed by atoms with van der Waals surface area (Å²) in [6.45, 7) is 4.45. The molecule has 3 nitrogen and oxygen atoms in total. The second kappa shape index (κ2) is 7.04. The van der Waals surface area contributed by atoms with Crippen LogP contribution in [0.5, 0.6) is 5.75 Å². The molecule has 110 valence electrons. The van der Waals surface area contributed by atoms with Crippen molar-refractivity contribution >= 4 is 28.7 Å². The van der Waals surface area contributed by atoms with E-state index in [-0.39, 0.29) is 5.82 Å². The van der Waals surface area contributed by atoms with E-state index in [4.69, 9.17) is 17.0 Å². The highest BCUT2D eigenvalue weighted by Gasteiger charge is 2.05. The minimum absolute atomic E-state index is 0.337. The number of hydrogen-bond acceptors (Lipinski definition) is 2. The molecule has 0 aliphatic carbocycles. The van der Waals surface area contributed by atoms with E-state index < -0.39 is 0 Å². The van der Waals surface area contributed by atoms with Crippen molar-refractivity contribution in [2.75, 3.05) is 17.2 Å². The number of thiocarbonyl (C=S) groups is 1. The van der Waals surface area contributed by atoms with Crippen molar-refractivity contribution in [1.29, 1.82) is 0 Å². The maximum Gasteiger partial charge on any atom is 0.175 e. The standard InChI is InChI=1S/C16H17FN2OS/c1-3-20-13-7-5-12(6-8-13)18-16(21)19-15-10-11(2)4-9-14(15)17/h4-10H,3H2,1-2H3,(H2,18,19,21). The molecule has 2 rings (SSSR count). The van der Waals surface area contributed by atoms with E-state index >= 15 is 0 Å². The van der Waals surface area contributed by atoms with Crippen molar-refractivity contribution in [2.24, 2.45) is 0 Å². The van der Waals surface area contributed by atoms with Crippen molar-refractivity contribution in [1.82, 2.24) is 0 Å². The molecule has 2 aromatic carbocycles. The van der Waals surface area contributed by atoms with Crippen LogP contribution in [-0.2, 0) is 0 Å². The average molecular weight is 304 g/mol. The lowest BCUT2D eigenvalue weighted by Gasteiger charge is -2.12. The smallest absolute Gasteiger partial charge is 0.175 e. The molecule has 0 aliphatic rings. The molecule has 0 aliphatic heterocycles. The Hall–Kier alpha value is -2.14. The highest BCUT2D eigenvalue weighted by molar-refractivity contribution is 7.80. The van der Waals surface area contributed by atoms with Crippen LogP contribution in [0.25, 0.3) is 0 Å². The fourth-order valence-corrected chi connectivity index (χ4v) is 2.05. The van der Waals surface area contributed by atoms with Crippen LogP contribution in [-0.4, -0.2) is 11.7 Å². The van der Waals surface area contributed by atoms with Crippen LogP contribution < -0.4 is 15.4 Å². The minimum Gasteiger partial charge on any atom is -0.494 e. The third-order valence-corrected chi connectivity index (χ3v) is 3.00. The molecule has 0 unspecified atom stereocenters. The topological polar surface area (TPSA) is 33.3 Å². The third kappa shape index (κ3) is 4.43. The van der Waals surface area contributed by atoms with Crippen LogP contribution in [0, 0.1) is 12.7 Å². The molecule has 0 spiro atoms. The maximum atomic E-state index is 13.6. The van der Waals surface area contributed by atoms with Gasteiger partial charge in [0.1, 0.15) is 11.6 Å². The highest BCUT2D eigenvalue weighted by Crippen LogP contribution is 2.18. The van der Waals surface area contributed by atoms with Crippen LogP contribution in [0.2, 0.25) is 0 Å². The second-order valence-electron chi connectivity index (χ2n) is 4.52. The molecule has 2 aromatic rings. The summed E-state index contributed by atoms with van der Waals surface area (Å²) >= 11 is 5.18. The first kappa shape index (κ1) is 15.3. The second-order valence-corrected chi connectivity index (χ2v) is 4.93. The first-order valence-electron chi connectivity index (χ1n) is 6.65. The molecule has 0 saturated heterocycles. The van der Waals surface area contributed by atoms with Crippen LogP contribution >= 0.6 is 12.2 Å². The number of ether oxygens (including phenoxy) is 1. The number of benzene rings is 2. The zero-order valence-electron chi connectivity index (χ0n) is 11.9. The van der Waals surface area contributed by atoms with Crippen LogP contribution in [0.4, 0.5) is 15.8 Å². The number of halogens is 1. The molecule has 21 heavy (non-hydrogen) atoms. The Balaban J connectivity index is 1.99. The van der Waals surface area contributed by atoms with Gasteiger partial charge in [-0.3, -0.25) is 0 Å². The molecule has 5 heteroatoms. The Labute approximate surface area is 129 Å². The Morgan fingerprint density at radius 2 is 1.86 bits per heavy atom. The molecule has 0 atom stereocenters. The van der Waals surface area contributed by atoms with E-state index in [9.17, 15) is 4.39 Å². The molecule has 0 aromatic heterocycles. The van der Waals surface area contributed by atoms with E-state index in [0.29, 0.717) is 17.4 Å². The van der Waals surface area contributed by atoms with E-state index in [1.54, 1.807) is 12.1 Å². The number of rotatable bonds is 4. The predicted octanol–water partition coefficient (Wildman–Crippen LogP) is 4.34. The lowest BCUT2D eigenvalue weighted by molar-refractivity contribution is 0.340. The summed E-state index contributed by atoms with van der Waals surface area (Å²) in [7, 11) is 0. The highest BCUT2D eigenvalue weighted by atomic mass is 32.1. The van der Waals surface area contributed by atoms with Crippen molar-refractivity contribution in [2.45, 2.75) is 13.8 Å². The van der Waals surface area contributed by atoms with E-state index in [2.05, 4.69) is 10.6 Å². The van der Waals surface area contributed by atoms with Gasteiger partial charge in [-0.15, -0.1) is 0 Å². The first-order chi connectivity index (χ1) is 10.1. The lowest BCUT2D eigenvalue weighted by atomic mass is 10.2. The van der Waals surface area contributed by atoms with E-state index in [0.717, 1.165) is 17.0 Å². The van der Waals surface area contributed by atoms with Gasteiger partial charge >= 0.3 is 0 Å². The lowest BCUT2D eigenvalue weighted by Crippen LogP contribution is -2.19. The normalized spacial score (nSPS) is 10.0. The monoisotopic (exact) mass is 304 g/mol. The Kier molecular flexibility index (Phi) is 5.11. The summed E-state index contributed by atoms with van der Waals surface area (Å²) in [5.74, 6) is 0.461. The van der Waals surface area contributed by atoms with Gasteiger partial charge in [-0.25, -0.2) is 4.39 Å². The molecule has 2 N–H and O–H groups in total. The van der Waals surface area contributed by atoms with E-state index in [1.165, 1.54) is 6.07 Å². The van der Waals surface area contributed by atoms with E-state index in [1.807, 2.05) is 38.1 Å². The van der Waals surface area contributed by atoms with Crippen molar-refractivity contribution in [3.63, 3.8) is 0 Å². The van der Waals surface area contributed by atoms with Gasteiger partial charge in [0.15, 0.2) is 5.11 Å². The number of hydrogen-bond donors (Lipinski definition) is 2. The van der Waals surface area contributed by atoms with Gasteiger partial charge in [0, 0.05) is 5.69 Å². The largest absolute Gasteiger partial charge is 0.494 e. The van der Waals surface area contributed by atoms with Gasteiger partial charge < -0.3 is 15.4 Å². The minimum atomic E-state index is -0.337. The Morgan fingerprint density at radius 3 is 2.52 bits per heavy atom. The van der Waals surface area contributed by atoms with Gasteiger partial charge in [-0.05, 0) is 68.0 Å². The summed E-state index contributed by atoms with van der Waals surface area (Å²) in [6, 6.07) is 12.2. The van der Waals surface area contributed by atoms with Gasteiger partial charge in [0.2, 0.25) is 0 Å². The van der Waals surface area contributed by atoms with Crippen molar-refractivity contribution in [3.8, 4) is 5.75 Å². The summed E-state index contributed by atoms with van der Waals surface area (Å²) in [5, 5.41) is 6.19. The molecule has 0 radical (unpaired) electrons. The quantitative estimate of drug-likeness (QED) is 0.823. The van der Waals surface area contributed by atoms with Gasteiger partial charge in [-0.1, -0.05) is 6.07 Å². The average Bonchev–Trinajstić information content (AvgIpc) is 2.45. The summed E-state index contributed by atoms with van der Waals surface area (Å²) < 4.78 is 19.0.